The second-order valence-electron chi connectivity index (χ2n) is 3.45. The molecule has 0 radical (unpaired) electrons. The van der Waals surface area contributed by atoms with Gasteiger partial charge in [0.25, 0.3) is 0 Å². The summed E-state index contributed by atoms with van der Waals surface area (Å²) in [5.41, 5.74) is 1.26. The third kappa shape index (κ3) is 1.75. The van der Waals surface area contributed by atoms with Crippen LogP contribution in [-0.2, 0) is 4.74 Å². The molecule has 1 saturated heterocycles. The second kappa shape index (κ2) is 3.77. The molecule has 1 fully saturated rings. The number of nitriles is 1. The first kappa shape index (κ1) is 9.17. The molecule has 0 N–H and O–H groups in total. The van der Waals surface area contributed by atoms with Crippen LogP contribution in [0.1, 0.15) is 23.5 Å². The highest BCUT2D eigenvalue weighted by Crippen LogP contribution is 2.26. The van der Waals surface area contributed by atoms with Gasteiger partial charge < -0.3 is 4.74 Å². The van der Waals surface area contributed by atoms with Crippen LogP contribution in [-0.4, -0.2) is 13.2 Å². The van der Waals surface area contributed by atoms with Crippen LogP contribution in [0, 0.1) is 17.1 Å². The molecule has 1 heterocycles. The lowest BCUT2D eigenvalue weighted by atomic mass is 9.97. The Morgan fingerprint density at radius 1 is 1.43 bits per heavy atom. The fraction of sp³-hybridized carbons (Fsp3) is 0.364. The summed E-state index contributed by atoms with van der Waals surface area (Å²) >= 11 is 0. The Balaban J connectivity index is 2.33. The Hall–Kier alpha value is -1.40. The number of hydrogen-bond donors (Lipinski definition) is 0. The van der Waals surface area contributed by atoms with Crippen LogP contribution < -0.4 is 0 Å². The molecule has 1 aliphatic rings. The Morgan fingerprint density at radius 2 is 2.29 bits per heavy atom. The maximum absolute atomic E-state index is 13.1. The lowest BCUT2D eigenvalue weighted by Gasteiger charge is -2.07. The van der Waals surface area contributed by atoms with Gasteiger partial charge in [-0.2, -0.15) is 5.26 Å². The zero-order chi connectivity index (χ0) is 9.97. The molecule has 0 unspecified atom stereocenters. The van der Waals surface area contributed by atoms with Gasteiger partial charge in [-0.05, 0) is 30.2 Å². The minimum Gasteiger partial charge on any atom is -0.381 e. The monoisotopic (exact) mass is 191 g/mol. The van der Waals surface area contributed by atoms with Crippen molar-refractivity contribution in [1.29, 1.82) is 5.26 Å². The zero-order valence-corrected chi connectivity index (χ0v) is 7.66. The molecule has 1 atom stereocenters. The third-order valence-electron chi connectivity index (χ3n) is 2.45. The van der Waals surface area contributed by atoms with Gasteiger partial charge in [0, 0.05) is 12.5 Å². The van der Waals surface area contributed by atoms with Gasteiger partial charge >= 0.3 is 0 Å². The summed E-state index contributed by atoms with van der Waals surface area (Å²) in [6.07, 6.45) is 0.911. The summed E-state index contributed by atoms with van der Waals surface area (Å²) in [6.45, 7) is 1.36. The first-order valence-corrected chi connectivity index (χ1v) is 4.58. The fourth-order valence-corrected chi connectivity index (χ4v) is 1.71. The second-order valence-corrected chi connectivity index (χ2v) is 3.45. The summed E-state index contributed by atoms with van der Waals surface area (Å²) in [5, 5.41) is 8.68. The maximum atomic E-state index is 13.1. The van der Waals surface area contributed by atoms with Crippen LogP contribution in [0.2, 0.25) is 0 Å². The highest BCUT2D eigenvalue weighted by Gasteiger charge is 2.18. The molecule has 1 aliphatic heterocycles. The van der Waals surface area contributed by atoms with Crippen molar-refractivity contribution >= 4 is 0 Å². The Kier molecular flexibility index (Phi) is 2.47. The molecule has 1 aromatic carbocycles. The van der Waals surface area contributed by atoms with Gasteiger partial charge in [-0.15, -0.1) is 0 Å². The largest absolute Gasteiger partial charge is 0.381 e. The smallest absolute Gasteiger partial charge is 0.124 e. The topological polar surface area (TPSA) is 33.0 Å². The minimum absolute atomic E-state index is 0.248. The van der Waals surface area contributed by atoms with Gasteiger partial charge in [0.15, 0.2) is 0 Å². The highest BCUT2D eigenvalue weighted by molar-refractivity contribution is 5.35. The Morgan fingerprint density at radius 3 is 2.93 bits per heavy atom. The lowest BCUT2D eigenvalue weighted by molar-refractivity contribution is 0.194. The molecule has 1 aromatic rings. The molecular formula is C11H10FNO. The van der Waals surface area contributed by atoms with Gasteiger partial charge in [0.2, 0.25) is 0 Å². The molecule has 0 amide bonds. The van der Waals surface area contributed by atoms with Crippen LogP contribution in [0.4, 0.5) is 4.39 Å². The molecule has 3 heteroatoms. The number of benzene rings is 1. The van der Waals surface area contributed by atoms with Gasteiger partial charge in [-0.25, -0.2) is 4.39 Å². The standard InChI is InChI=1S/C11H10FNO/c12-11-4-8(6-13)3-10(5-11)9-1-2-14-7-9/h3-5,9H,1-2,7H2/t9-/m1/s1. The van der Waals surface area contributed by atoms with Crippen molar-refractivity contribution in [2.24, 2.45) is 0 Å². The summed E-state index contributed by atoms with van der Waals surface area (Å²) in [4.78, 5) is 0. The molecule has 0 spiro atoms. The van der Waals surface area contributed by atoms with Crippen molar-refractivity contribution in [1.82, 2.24) is 0 Å². The van der Waals surface area contributed by atoms with E-state index in [-0.39, 0.29) is 11.7 Å². The van der Waals surface area contributed by atoms with Crippen molar-refractivity contribution in [3.05, 3.63) is 35.1 Å². The van der Waals surface area contributed by atoms with Crippen molar-refractivity contribution in [2.45, 2.75) is 12.3 Å². The number of rotatable bonds is 1. The quantitative estimate of drug-likeness (QED) is 0.681. The van der Waals surface area contributed by atoms with E-state index in [1.807, 2.05) is 6.07 Å². The highest BCUT2D eigenvalue weighted by atomic mass is 19.1. The normalized spacial score (nSPS) is 20.7. The van der Waals surface area contributed by atoms with E-state index < -0.39 is 0 Å². The molecule has 0 aromatic heterocycles. The summed E-state index contributed by atoms with van der Waals surface area (Å²) in [5.74, 6) is -0.0938. The van der Waals surface area contributed by atoms with Crippen LogP contribution in [0.15, 0.2) is 18.2 Å². The van der Waals surface area contributed by atoms with E-state index in [4.69, 9.17) is 10.00 Å². The third-order valence-corrected chi connectivity index (χ3v) is 2.45. The molecule has 0 bridgehead atoms. The molecule has 72 valence electrons. The summed E-state index contributed by atoms with van der Waals surface area (Å²) < 4.78 is 18.3. The van der Waals surface area contributed by atoms with E-state index >= 15 is 0 Å². The van der Waals surface area contributed by atoms with E-state index in [9.17, 15) is 4.39 Å². The van der Waals surface area contributed by atoms with Crippen LogP contribution in [0.3, 0.4) is 0 Å². The van der Waals surface area contributed by atoms with Crippen molar-refractivity contribution in [2.75, 3.05) is 13.2 Å². The number of halogens is 1. The first-order chi connectivity index (χ1) is 6.79. The van der Waals surface area contributed by atoms with Gasteiger partial charge in [-0.3, -0.25) is 0 Å². The predicted octanol–water partition coefficient (Wildman–Crippen LogP) is 2.20. The molecule has 2 nitrogen and oxygen atoms in total. The van der Waals surface area contributed by atoms with Gasteiger partial charge in [-0.1, -0.05) is 0 Å². The Labute approximate surface area is 81.9 Å². The Bertz CT molecular complexity index is 377. The molecule has 0 aliphatic carbocycles. The van der Waals surface area contributed by atoms with Crippen LogP contribution >= 0.6 is 0 Å². The molecule has 14 heavy (non-hydrogen) atoms. The predicted molar refractivity (Wildman–Crippen MR) is 49.3 cm³/mol. The average molecular weight is 191 g/mol. The SMILES string of the molecule is N#Cc1cc(F)cc([C@@H]2CCOC2)c1. The van der Waals surface area contributed by atoms with E-state index in [1.165, 1.54) is 12.1 Å². The van der Waals surface area contributed by atoms with Crippen LogP contribution in [0.5, 0.6) is 0 Å². The summed E-state index contributed by atoms with van der Waals surface area (Å²) in [7, 11) is 0. The van der Waals surface area contributed by atoms with Gasteiger partial charge in [0.05, 0.1) is 18.2 Å². The number of hydrogen-bond acceptors (Lipinski definition) is 2. The zero-order valence-electron chi connectivity index (χ0n) is 7.66. The number of ether oxygens (including phenoxy) is 1. The number of nitrogens with zero attached hydrogens (tertiary/aromatic N) is 1. The fourth-order valence-electron chi connectivity index (χ4n) is 1.71. The first-order valence-electron chi connectivity index (χ1n) is 4.58. The van der Waals surface area contributed by atoms with Crippen molar-refractivity contribution in [3.63, 3.8) is 0 Å². The molecule has 2 rings (SSSR count). The van der Waals surface area contributed by atoms with E-state index in [2.05, 4.69) is 0 Å². The maximum Gasteiger partial charge on any atom is 0.124 e. The van der Waals surface area contributed by atoms with E-state index in [1.54, 1.807) is 6.07 Å². The van der Waals surface area contributed by atoms with Crippen LogP contribution in [0.25, 0.3) is 0 Å². The van der Waals surface area contributed by atoms with E-state index in [0.29, 0.717) is 12.2 Å². The minimum atomic E-state index is -0.342. The van der Waals surface area contributed by atoms with Gasteiger partial charge in [0.1, 0.15) is 5.82 Å². The van der Waals surface area contributed by atoms with Crippen molar-refractivity contribution in [3.8, 4) is 6.07 Å². The molecular weight excluding hydrogens is 181 g/mol. The lowest BCUT2D eigenvalue weighted by Crippen LogP contribution is -1.98. The van der Waals surface area contributed by atoms with Crippen molar-refractivity contribution < 1.29 is 9.13 Å². The average Bonchev–Trinajstić information content (AvgIpc) is 2.69. The van der Waals surface area contributed by atoms with E-state index in [0.717, 1.165) is 18.6 Å². The summed E-state index contributed by atoms with van der Waals surface area (Å²) in [6, 6.07) is 6.42. The molecule has 0 saturated carbocycles.